The summed E-state index contributed by atoms with van der Waals surface area (Å²) in [5.41, 5.74) is 0. The van der Waals surface area contributed by atoms with Crippen molar-refractivity contribution in [2.45, 2.75) is 51.2 Å². The van der Waals surface area contributed by atoms with Crippen LogP contribution in [-0.2, 0) is 9.53 Å². The van der Waals surface area contributed by atoms with E-state index in [9.17, 15) is 9.59 Å². The fourth-order valence-corrected chi connectivity index (χ4v) is 3.10. The number of rotatable bonds is 4. The first-order chi connectivity index (χ1) is 9.60. The van der Waals surface area contributed by atoms with Gasteiger partial charge in [0.1, 0.15) is 0 Å². The maximum atomic E-state index is 12.2. The summed E-state index contributed by atoms with van der Waals surface area (Å²) in [6, 6.07) is -0.0819. The van der Waals surface area contributed by atoms with Crippen molar-refractivity contribution in [1.29, 1.82) is 0 Å². The molecule has 6 nitrogen and oxygen atoms in total. The van der Waals surface area contributed by atoms with E-state index < -0.39 is 5.97 Å². The van der Waals surface area contributed by atoms with Crippen LogP contribution < -0.4 is 5.32 Å². The van der Waals surface area contributed by atoms with Gasteiger partial charge in [0.2, 0.25) is 0 Å². The molecule has 3 atom stereocenters. The zero-order valence-corrected chi connectivity index (χ0v) is 12.0. The quantitative estimate of drug-likeness (QED) is 0.819. The van der Waals surface area contributed by atoms with Crippen molar-refractivity contribution >= 4 is 12.0 Å². The first-order valence-corrected chi connectivity index (χ1v) is 7.50. The van der Waals surface area contributed by atoms with Crippen LogP contribution in [0.3, 0.4) is 0 Å². The largest absolute Gasteiger partial charge is 0.481 e. The molecular formula is C14H24N2O4. The van der Waals surface area contributed by atoms with E-state index in [1.165, 1.54) is 0 Å². The Balaban J connectivity index is 1.78. The number of hydrogen-bond acceptors (Lipinski definition) is 3. The molecule has 20 heavy (non-hydrogen) atoms. The number of carboxylic acids is 1. The maximum absolute atomic E-state index is 12.2. The number of carbonyl (C=O) groups is 2. The van der Waals surface area contributed by atoms with Gasteiger partial charge in [-0.05, 0) is 39.0 Å². The van der Waals surface area contributed by atoms with Crippen LogP contribution in [0.5, 0.6) is 0 Å². The monoisotopic (exact) mass is 284 g/mol. The third-order valence-electron chi connectivity index (χ3n) is 4.18. The molecule has 0 aromatic carbocycles. The molecule has 0 radical (unpaired) electrons. The second-order valence-electron chi connectivity index (χ2n) is 5.66. The van der Waals surface area contributed by atoms with Crippen LogP contribution in [0, 0.1) is 5.92 Å². The van der Waals surface area contributed by atoms with E-state index in [-0.39, 0.29) is 24.1 Å². The molecule has 2 N–H and O–H groups in total. The highest BCUT2D eigenvalue weighted by molar-refractivity contribution is 5.75. The minimum Gasteiger partial charge on any atom is -0.481 e. The summed E-state index contributed by atoms with van der Waals surface area (Å²) in [5, 5.41) is 11.9. The van der Waals surface area contributed by atoms with E-state index in [1.807, 2.05) is 6.92 Å². The van der Waals surface area contributed by atoms with Crippen molar-refractivity contribution in [3.8, 4) is 0 Å². The zero-order chi connectivity index (χ0) is 14.5. The molecule has 1 aliphatic carbocycles. The first kappa shape index (κ1) is 15.1. The van der Waals surface area contributed by atoms with Gasteiger partial charge in [0.25, 0.3) is 0 Å². The van der Waals surface area contributed by atoms with Crippen molar-refractivity contribution in [3.05, 3.63) is 0 Å². The molecule has 2 amide bonds. The van der Waals surface area contributed by atoms with E-state index in [2.05, 4.69) is 5.32 Å². The van der Waals surface area contributed by atoms with Crippen LogP contribution in [0.2, 0.25) is 0 Å². The van der Waals surface area contributed by atoms with Gasteiger partial charge in [-0.25, -0.2) is 4.79 Å². The number of nitrogens with zero attached hydrogens (tertiary/aromatic N) is 1. The van der Waals surface area contributed by atoms with Crippen molar-refractivity contribution in [2.75, 3.05) is 19.7 Å². The average Bonchev–Trinajstić information content (AvgIpc) is 2.88. The Kier molecular flexibility index (Phi) is 5.23. The summed E-state index contributed by atoms with van der Waals surface area (Å²) in [4.78, 5) is 24.9. The predicted octanol–water partition coefficient (Wildman–Crippen LogP) is 1.45. The SMILES string of the molecule is CCOC1CCCN(C(=O)NC2CCC(C(=O)O)C2)C1. The molecule has 1 aliphatic heterocycles. The predicted molar refractivity (Wildman–Crippen MR) is 73.5 cm³/mol. The molecule has 0 aromatic heterocycles. The van der Waals surface area contributed by atoms with Crippen LogP contribution in [-0.4, -0.2) is 53.8 Å². The number of piperidine rings is 1. The normalized spacial score (nSPS) is 30.2. The summed E-state index contributed by atoms with van der Waals surface area (Å²) in [5.74, 6) is -1.06. The van der Waals surface area contributed by atoms with E-state index in [0.717, 1.165) is 25.8 Å². The van der Waals surface area contributed by atoms with Crippen LogP contribution in [0.1, 0.15) is 39.0 Å². The molecule has 1 heterocycles. The summed E-state index contributed by atoms with van der Waals surface area (Å²) in [6.07, 6.45) is 4.05. The number of carbonyl (C=O) groups excluding carboxylic acids is 1. The lowest BCUT2D eigenvalue weighted by Crippen LogP contribution is -2.50. The Morgan fingerprint density at radius 1 is 1.35 bits per heavy atom. The molecule has 114 valence electrons. The number of urea groups is 1. The molecule has 0 bridgehead atoms. The second kappa shape index (κ2) is 6.92. The van der Waals surface area contributed by atoms with Gasteiger partial charge in [-0.15, -0.1) is 0 Å². The van der Waals surface area contributed by atoms with Crippen LogP contribution in [0.25, 0.3) is 0 Å². The van der Waals surface area contributed by atoms with Gasteiger partial charge < -0.3 is 20.1 Å². The average molecular weight is 284 g/mol. The highest BCUT2D eigenvalue weighted by atomic mass is 16.5. The van der Waals surface area contributed by atoms with Gasteiger partial charge in [0.05, 0.1) is 12.0 Å². The van der Waals surface area contributed by atoms with E-state index in [1.54, 1.807) is 4.90 Å². The van der Waals surface area contributed by atoms with Crippen molar-refractivity contribution < 1.29 is 19.4 Å². The third-order valence-corrected chi connectivity index (χ3v) is 4.18. The van der Waals surface area contributed by atoms with Gasteiger partial charge in [-0.3, -0.25) is 4.79 Å². The molecule has 6 heteroatoms. The van der Waals surface area contributed by atoms with Gasteiger partial charge in [0, 0.05) is 25.7 Å². The zero-order valence-electron chi connectivity index (χ0n) is 12.0. The number of aliphatic carboxylic acids is 1. The van der Waals surface area contributed by atoms with E-state index in [4.69, 9.17) is 9.84 Å². The molecule has 1 saturated heterocycles. The lowest BCUT2D eigenvalue weighted by atomic mass is 10.1. The Labute approximate surface area is 119 Å². The number of hydrogen-bond donors (Lipinski definition) is 2. The number of ether oxygens (including phenoxy) is 1. The lowest BCUT2D eigenvalue weighted by molar-refractivity contribution is -0.141. The fourth-order valence-electron chi connectivity index (χ4n) is 3.10. The second-order valence-corrected chi connectivity index (χ2v) is 5.66. The molecule has 2 fully saturated rings. The molecule has 1 saturated carbocycles. The standard InChI is InChI=1S/C14H24N2O4/c1-2-20-12-4-3-7-16(9-12)14(19)15-11-6-5-10(8-11)13(17)18/h10-12H,2-9H2,1H3,(H,15,19)(H,17,18). The third kappa shape index (κ3) is 3.85. The molecule has 0 aromatic rings. The van der Waals surface area contributed by atoms with Gasteiger partial charge in [-0.2, -0.15) is 0 Å². The van der Waals surface area contributed by atoms with Crippen molar-refractivity contribution in [3.63, 3.8) is 0 Å². The number of carboxylic acid groups (broad SMARTS) is 1. The summed E-state index contributed by atoms with van der Waals surface area (Å²) in [7, 11) is 0. The van der Waals surface area contributed by atoms with Gasteiger partial charge >= 0.3 is 12.0 Å². The number of amides is 2. The van der Waals surface area contributed by atoms with Crippen LogP contribution in [0.15, 0.2) is 0 Å². The summed E-state index contributed by atoms with van der Waals surface area (Å²) < 4.78 is 5.58. The van der Waals surface area contributed by atoms with Crippen LogP contribution in [0.4, 0.5) is 4.79 Å². The molecule has 2 aliphatic rings. The number of likely N-dealkylation sites (tertiary alicyclic amines) is 1. The minimum atomic E-state index is -0.754. The van der Waals surface area contributed by atoms with E-state index >= 15 is 0 Å². The lowest BCUT2D eigenvalue weighted by Gasteiger charge is -2.33. The summed E-state index contributed by atoms with van der Waals surface area (Å²) >= 11 is 0. The minimum absolute atomic E-state index is 0.00364. The Hall–Kier alpha value is -1.30. The summed E-state index contributed by atoms with van der Waals surface area (Å²) in [6.45, 7) is 4.02. The molecule has 0 spiro atoms. The van der Waals surface area contributed by atoms with Gasteiger partial charge in [0.15, 0.2) is 0 Å². The van der Waals surface area contributed by atoms with E-state index in [0.29, 0.717) is 26.0 Å². The Morgan fingerprint density at radius 3 is 2.80 bits per heavy atom. The molecule has 2 rings (SSSR count). The van der Waals surface area contributed by atoms with Gasteiger partial charge in [-0.1, -0.05) is 0 Å². The Morgan fingerprint density at radius 2 is 2.15 bits per heavy atom. The first-order valence-electron chi connectivity index (χ1n) is 7.50. The topological polar surface area (TPSA) is 78.9 Å². The highest BCUT2D eigenvalue weighted by Crippen LogP contribution is 2.26. The smallest absolute Gasteiger partial charge is 0.317 e. The molecule has 3 unspecified atom stereocenters. The highest BCUT2D eigenvalue weighted by Gasteiger charge is 2.32. The van der Waals surface area contributed by atoms with Crippen LogP contribution >= 0.6 is 0 Å². The fraction of sp³-hybridized carbons (Fsp3) is 0.857. The van der Waals surface area contributed by atoms with Crippen molar-refractivity contribution in [1.82, 2.24) is 10.2 Å². The van der Waals surface area contributed by atoms with Crippen molar-refractivity contribution in [2.24, 2.45) is 5.92 Å². The maximum Gasteiger partial charge on any atom is 0.317 e. The molecular weight excluding hydrogens is 260 g/mol. The Bertz CT molecular complexity index is 359. The number of nitrogens with one attached hydrogen (secondary N) is 1.